The molecule has 7 nitrogen and oxygen atoms in total. The second-order valence-electron chi connectivity index (χ2n) is 8.21. The number of anilines is 2. The van der Waals surface area contributed by atoms with Gasteiger partial charge in [-0.15, -0.1) is 11.3 Å². The molecule has 1 unspecified atom stereocenters. The number of rotatable bonds is 9. The number of carbonyl (C=O) groups excluding carboxylic acids is 2. The highest BCUT2D eigenvalue weighted by atomic mass is 35.5. The molecule has 2 aromatic carbocycles. The van der Waals surface area contributed by atoms with E-state index in [1.165, 1.54) is 16.2 Å². The minimum absolute atomic E-state index is 0.0457. The summed E-state index contributed by atoms with van der Waals surface area (Å²) in [5, 5.41) is 9.02. The quantitative estimate of drug-likeness (QED) is 0.443. The minimum Gasteiger partial charge on any atom is -0.376 e. The summed E-state index contributed by atoms with van der Waals surface area (Å²) < 4.78 is 5.57. The molecule has 1 aromatic heterocycles. The Kier molecular flexibility index (Phi) is 8.16. The standard InChI is InChI=1S/C25H27ClN4O3S/c1-17-9-10-19(26)12-21(17)28-25-29-22(16-34-25)24(32)30(14-18-6-3-2-4-7-18)15-23(31)27-13-20-8-5-11-33-20/h2-4,6-7,9-10,12,16,20H,5,8,11,13-15H2,1H3,(H,27,31)(H,28,29). The number of ether oxygens (including phenoxy) is 1. The second-order valence-corrected chi connectivity index (χ2v) is 9.50. The fourth-order valence-electron chi connectivity index (χ4n) is 3.70. The van der Waals surface area contributed by atoms with Gasteiger partial charge in [0, 0.05) is 35.8 Å². The molecule has 1 aliphatic rings. The predicted molar refractivity (Wildman–Crippen MR) is 135 cm³/mol. The van der Waals surface area contributed by atoms with Gasteiger partial charge in [0.2, 0.25) is 5.91 Å². The Morgan fingerprint density at radius 3 is 2.82 bits per heavy atom. The van der Waals surface area contributed by atoms with Gasteiger partial charge < -0.3 is 20.3 Å². The first kappa shape index (κ1) is 24.2. The van der Waals surface area contributed by atoms with E-state index in [0.717, 1.165) is 36.3 Å². The van der Waals surface area contributed by atoms with E-state index < -0.39 is 0 Å². The zero-order chi connectivity index (χ0) is 23.9. The number of aryl methyl sites for hydroxylation is 1. The summed E-state index contributed by atoms with van der Waals surface area (Å²) in [6, 6.07) is 15.2. The first-order chi connectivity index (χ1) is 16.5. The van der Waals surface area contributed by atoms with Crippen LogP contribution < -0.4 is 10.6 Å². The minimum atomic E-state index is -0.303. The Balaban J connectivity index is 1.45. The van der Waals surface area contributed by atoms with E-state index in [-0.39, 0.29) is 30.2 Å². The van der Waals surface area contributed by atoms with Crippen molar-refractivity contribution in [2.45, 2.75) is 32.4 Å². The summed E-state index contributed by atoms with van der Waals surface area (Å²) in [5.41, 5.74) is 3.07. The van der Waals surface area contributed by atoms with Crippen LogP contribution in [0, 0.1) is 6.92 Å². The van der Waals surface area contributed by atoms with E-state index in [0.29, 0.717) is 23.2 Å². The van der Waals surface area contributed by atoms with Crippen molar-refractivity contribution in [2.24, 2.45) is 0 Å². The molecule has 1 saturated heterocycles. The molecule has 34 heavy (non-hydrogen) atoms. The molecule has 4 rings (SSSR count). The maximum Gasteiger partial charge on any atom is 0.274 e. The number of carbonyl (C=O) groups is 2. The summed E-state index contributed by atoms with van der Waals surface area (Å²) in [6.45, 7) is 3.40. The van der Waals surface area contributed by atoms with E-state index in [1.54, 1.807) is 5.38 Å². The number of hydrogen-bond donors (Lipinski definition) is 2. The van der Waals surface area contributed by atoms with Crippen molar-refractivity contribution in [3.8, 4) is 0 Å². The number of halogens is 1. The van der Waals surface area contributed by atoms with Crippen molar-refractivity contribution in [2.75, 3.05) is 25.0 Å². The van der Waals surface area contributed by atoms with Crippen LogP contribution in [0.4, 0.5) is 10.8 Å². The Hall–Kier alpha value is -2.94. The topological polar surface area (TPSA) is 83.6 Å². The van der Waals surface area contributed by atoms with Crippen molar-refractivity contribution in [3.05, 3.63) is 75.8 Å². The van der Waals surface area contributed by atoms with Crippen LogP contribution in [-0.2, 0) is 16.1 Å². The molecule has 0 bridgehead atoms. The van der Waals surface area contributed by atoms with Gasteiger partial charge in [0.1, 0.15) is 12.2 Å². The van der Waals surface area contributed by atoms with E-state index >= 15 is 0 Å². The van der Waals surface area contributed by atoms with E-state index in [2.05, 4.69) is 15.6 Å². The summed E-state index contributed by atoms with van der Waals surface area (Å²) in [4.78, 5) is 32.0. The molecule has 1 atom stereocenters. The maximum absolute atomic E-state index is 13.3. The molecule has 9 heteroatoms. The molecule has 0 aliphatic carbocycles. The molecule has 1 aliphatic heterocycles. The molecular weight excluding hydrogens is 472 g/mol. The summed E-state index contributed by atoms with van der Waals surface area (Å²) in [6.07, 6.45) is 1.99. The highest BCUT2D eigenvalue weighted by Gasteiger charge is 2.23. The summed E-state index contributed by atoms with van der Waals surface area (Å²) in [7, 11) is 0. The van der Waals surface area contributed by atoms with Crippen LogP contribution in [0.2, 0.25) is 5.02 Å². The lowest BCUT2D eigenvalue weighted by Gasteiger charge is -2.22. The first-order valence-corrected chi connectivity index (χ1v) is 12.4. The van der Waals surface area contributed by atoms with E-state index in [9.17, 15) is 9.59 Å². The van der Waals surface area contributed by atoms with Crippen molar-refractivity contribution in [1.29, 1.82) is 0 Å². The highest BCUT2D eigenvalue weighted by molar-refractivity contribution is 7.14. The molecule has 3 aromatic rings. The van der Waals surface area contributed by atoms with Crippen LogP contribution in [0.25, 0.3) is 0 Å². The van der Waals surface area contributed by atoms with Crippen molar-refractivity contribution >= 4 is 45.6 Å². The summed E-state index contributed by atoms with van der Waals surface area (Å²) >= 11 is 7.44. The third kappa shape index (κ3) is 6.56. The van der Waals surface area contributed by atoms with Gasteiger partial charge >= 0.3 is 0 Å². The molecule has 1 fully saturated rings. The van der Waals surface area contributed by atoms with Crippen molar-refractivity contribution in [1.82, 2.24) is 15.2 Å². The van der Waals surface area contributed by atoms with Gasteiger partial charge in [-0.25, -0.2) is 4.98 Å². The van der Waals surface area contributed by atoms with Crippen LogP contribution in [0.15, 0.2) is 53.9 Å². The Morgan fingerprint density at radius 2 is 2.06 bits per heavy atom. The fraction of sp³-hybridized carbons (Fsp3) is 0.320. The Morgan fingerprint density at radius 1 is 1.24 bits per heavy atom. The first-order valence-electron chi connectivity index (χ1n) is 11.2. The third-order valence-electron chi connectivity index (χ3n) is 5.55. The van der Waals surface area contributed by atoms with Gasteiger partial charge in [0.15, 0.2) is 5.13 Å². The number of thiazole rings is 1. The lowest BCUT2D eigenvalue weighted by atomic mass is 10.2. The monoisotopic (exact) mass is 498 g/mol. The van der Waals surface area contributed by atoms with E-state index in [4.69, 9.17) is 16.3 Å². The van der Waals surface area contributed by atoms with Gasteiger partial charge in [-0.2, -0.15) is 0 Å². The average molecular weight is 499 g/mol. The number of nitrogens with one attached hydrogen (secondary N) is 2. The number of benzene rings is 2. The molecule has 0 spiro atoms. The van der Waals surface area contributed by atoms with Gasteiger partial charge in [0.05, 0.1) is 6.10 Å². The van der Waals surface area contributed by atoms with Crippen LogP contribution in [0.1, 0.15) is 34.5 Å². The van der Waals surface area contributed by atoms with Gasteiger partial charge in [-0.1, -0.05) is 48.0 Å². The van der Waals surface area contributed by atoms with Crippen LogP contribution >= 0.6 is 22.9 Å². The maximum atomic E-state index is 13.3. The SMILES string of the molecule is Cc1ccc(Cl)cc1Nc1nc(C(=O)N(CC(=O)NCC2CCCO2)Cc2ccccc2)cs1. The zero-order valence-corrected chi connectivity index (χ0v) is 20.5. The highest BCUT2D eigenvalue weighted by Crippen LogP contribution is 2.26. The number of aromatic nitrogens is 1. The Bertz CT molecular complexity index is 1130. The second kappa shape index (κ2) is 11.5. The molecular formula is C25H27ClN4O3S. The smallest absolute Gasteiger partial charge is 0.274 e. The average Bonchev–Trinajstić information content (AvgIpc) is 3.52. The summed E-state index contributed by atoms with van der Waals surface area (Å²) in [5.74, 6) is -0.522. The number of amides is 2. The molecule has 178 valence electrons. The number of nitrogens with zero attached hydrogens (tertiary/aromatic N) is 2. The lowest BCUT2D eigenvalue weighted by molar-refractivity contribution is -0.122. The molecule has 2 heterocycles. The molecule has 2 N–H and O–H groups in total. The van der Waals surface area contributed by atoms with Gasteiger partial charge in [0.25, 0.3) is 5.91 Å². The predicted octanol–water partition coefficient (Wildman–Crippen LogP) is 4.79. The molecule has 2 amide bonds. The van der Waals surface area contributed by atoms with Crippen LogP contribution in [-0.4, -0.2) is 47.5 Å². The van der Waals surface area contributed by atoms with Crippen molar-refractivity contribution in [3.63, 3.8) is 0 Å². The van der Waals surface area contributed by atoms with E-state index in [1.807, 2.05) is 55.5 Å². The largest absolute Gasteiger partial charge is 0.376 e. The Labute approximate surface area is 208 Å². The van der Waals surface area contributed by atoms with Crippen molar-refractivity contribution < 1.29 is 14.3 Å². The zero-order valence-electron chi connectivity index (χ0n) is 18.9. The van der Waals surface area contributed by atoms with Gasteiger partial charge in [-0.05, 0) is 43.0 Å². The van der Waals surface area contributed by atoms with Gasteiger partial charge in [-0.3, -0.25) is 9.59 Å². The van der Waals surface area contributed by atoms with Crippen LogP contribution in [0.3, 0.4) is 0 Å². The molecule has 0 radical (unpaired) electrons. The third-order valence-corrected chi connectivity index (χ3v) is 6.55. The fourth-order valence-corrected chi connectivity index (χ4v) is 4.57. The lowest BCUT2D eigenvalue weighted by Crippen LogP contribution is -2.42. The normalized spacial score (nSPS) is 15.2. The van der Waals surface area contributed by atoms with Crippen LogP contribution in [0.5, 0.6) is 0 Å². The number of hydrogen-bond acceptors (Lipinski definition) is 6. The molecule has 0 saturated carbocycles.